The summed E-state index contributed by atoms with van der Waals surface area (Å²) in [6.45, 7) is 4.31. The highest BCUT2D eigenvalue weighted by Crippen LogP contribution is 2.52. The number of hydrogen-bond donors (Lipinski definition) is 2. The molecule has 41 heavy (non-hydrogen) atoms. The van der Waals surface area contributed by atoms with Gasteiger partial charge in [0.05, 0.1) is 0 Å². The Morgan fingerprint density at radius 2 is 0.585 bits per heavy atom. The first-order valence-electron chi connectivity index (χ1n) is 14.2. The first kappa shape index (κ1) is 27.2. The van der Waals surface area contributed by atoms with Crippen molar-refractivity contribution in [2.24, 2.45) is 0 Å². The third-order valence-electron chi connectivity index (χ3n) is 7.41. The molecule has 0 saturated carbocycles. The van der Waals surface area contributed by atoms with Crippen LogP contribution in [0.25, 0.3) is 0 Å². The van der Waals surface area contributed by atoms with E-state index in [9.17, 15) is 0 Å². The van der Waals surface area contributed by atoms with Gasteiger partial charge in [0.25, 0.3) is 0 Å². The number of aryl methyl sites for hydroxylation is 2. The lowest BCUT2D eigenvalue weighted by atomic mass is 10.1. The van der Waals surface area contributed by atoms with Crippen molar-refractivity contribution in [3.05, 3.63) is 180 Å². The average Bonchev–Trinajstić information content (AvgIpc) is 3.02. The molecule has 0 aliphatic heterocycles. The predicted molar refractivity (Wildman–Crippen MR) is 178 cm³/mol. The third kappa shape index (κ3) is 6.51. The lowest BCUT2D eigenvalue weighted by molar-refractivity contribution is 1.16. The van der Waals surface area contributed by atoms with Crippen molar-refractivity contribution in [2.45, 2.75) is 49.6 Å². The molecule has 0 amide bonds. The van der Waals surface area contributed by atoms with Crippen molar-refractivity contribution in [3.8, 4) is 0 Å². The van der Waals surface area contributed by atoms with Gasteiger partial charge in [-0.1, -0.05) is 96.1 Å². The molecule has 0 aliphatic carbocycles. The minimum atomic E-state index is -0.596. The summed E-state index contributed by atoms with van der Waals surface area (Å²) in [4.78, 5) is 8.34. The van der Waals surface area contributed by atoms with Gasteiger partial charge < -0.3 is 0 Å². The van der Waals surface area contributed by atoms with Crippen LogP contribution < -0.4 is 0 Å². The maximum absolute atomic E-state index is 2.35. The van der Waals surface area contributed by atoms with Crippen molar-refractivity contribution in [1.82, 2.24) is 0 Å². The Hall–Kier alpha value is -3.98. The molecule has 0 bridgehead atoms. The van der Waals surface area contributed by atoms with Crippen LogP contribution in [0.5, 0.6) is 0 Å². The molecule has 2 heteroatoms. The van der Waals surface area contributed by atoms with E-state index < -0.39 is 21.8 Å². The van der Waals surface area contributed by atoms with Crippen molar-refractivity contribution in [3.63, 3.8) is 0 Å². The van der Waals surface area contributed by atoms with Gasteiger partial charge in [-0.25, -0.2) is 0 Å². The van der Waals surface area contributed by atoms with E-state index in [0.29, 0.717) is 0 Å². The standard InChI is InChI=1S/C39H36S2/c1-30-13-21-36(22-14-30)41(37-23-15-31(2)16-24-37)39-27-19-33(20-28-39)29-32-17-25-38(26-18-32)40(34-9-5-3-6-10-34)35-11-7-4-8-12-35/h3-28,40-41H,29H2,1-2H3. The summed E-state index contributed by atoms with van der Waals surface area (Å²) in [6, 6.07) is 58.6. The maximum atomic E-state index is 2.35. The second-order valence-corrected chi connectivity index (χ2v) is 15.0. The van der Waals surface area contributed by atoms with E-state index in [1.165, 1.54) is 51.6 Å². The summed E-state index contributed by atoms with van der Waals surface area (Å²) in [6.07, 6.45) is 0.933. The first-order valence-corrected chi connectivity index (χ1v) is 16.8. The fraction of sp³-hybridized carbons (Fsp3) is 0.0769. The van der Waals surface area contributed by atoms with Crippen LogP contribution in [-0.4, -0.2) is 0 Å². The number of hydrogen-bond acceptors (Lipinski definition) is 0. The Balaban J connectivity index is 1.24. The molecule has 6 rings (SSSR count). The van der Waals surface area contributed by atoms with Crippen molar-refractivity contribution in [1.29, 1.82) is 0 Å². The number of thiol groups is 2. The molecule has 0 radical (unpaired) electrons. The van der Waals surface area contributed by atoms with Gasteiger partial charge in [-0.3, -0.25) is 0 Å². The molecule has 6 aromatic carbocycles. The third-order valence-corrected chi connectivity index (χ3v) is 12.3. The molecule has 0 atom stereocenters. The zero-order valence-corrected chi connectivity index (χ0v) is 25.4. The van der Waals surface area contributed by atoms with Crippen molar-refractivity contribution < 1.29 is 0 Å². The van der Waals surface area contributed by atoms with Gasteiger partial charge in [-0.2, -0.15) is 21.8 Å². The molecular weight excluding hydrogens is 533 g/mol. The fourth-order valence-corrected chi connectivity index (χ4v) is 9.72. The van der Waals surface area contributed by atoms with Gasteiger partial charge in [0.2, 0.25) is 0 Å². The van der Waals surface area contributed by atoms with Crippen LogP contribution in [0.3, 0.4) is 0 Å². The van der Waals surface area contributed by atoms with E-state index in [-0.39, 0.29) is 0 Å². The minimum Gasteiger partial charge on any atom is -0.173 e. The smallest absolute Gasteiger partial charge is 0.00257 e. The lowest BCUT2D eigenvalue weighted by Crippen LogP contribution is -1.93. The highest BCUT2D eigenvalue weighted by Gasteiger charge is 2.14. The first-order chi connectivity index (χ1) is 20.1. The Morgan fingerprint density at radius 1 is 0.317 bits per heavy atom. The number of rotatable bonds is 8. The zero-order valence-electron chi connectivity index (χ0n) is 23.6. The summed E-state index contributed by atoms with van der Waals surface area (Å²) < 4.78 is 0. The molecule has 204 valence electrons. The summed E-state index contributed by atoms with van der Waals surface area (Å²) >= 11 is 0. The van der Waals surface area contributed by atoms with E-state index >= 15 is 0 Å². The van der Waals surface area contributed by atoms with E-state index in [2.05, 4.69) is 172 Å². The molecule has 0 saturated heterocycles. The quantitative estimate of drug-likeness (QED) is 0.168. The van der Waals surface area contributed by atoms with E-state index in [1.54, 1.807) is 0 Å². The van der Waals surface area contributed by atoms with E-state index in [1.807, 2.05) is 0 Å². The molecule has 0 fully saturated rings. The fourth-order valence-electron chi connectivity index (χ4n) is 5.20. The highest BCUT2D eigenvalue weighted by atomic mass is 32.2. The van der Waals surface area contributed by atoms with Crippen LogP contribution in [0.1, 0.15) is 22.3 Å². The van der Waals surface area contributed by atoms with Crippen LogP contribution >= 0.6 is 21.8 Å². The Labute approximate surface area is 250 Å². The van der Waals surface area contributed by atoms with Crippen LogP contribution in [0.15, 0.2) is 187 Å². The molecular formula is C39H36S2. The molecule has 0 heterocycles. The Kier molecular flexibility index (Phi) is 8.41. The van der Waals surface area contributed by atoms with Crippen LogP contribution in [0.4, 0.5) is 0 Å². The molecule has 6 aromatic rings. The molecule has 0 unspecified atom stereocenters. The SMILES string of the molecule is Cc1ccc([SH](c2ccc(C)cc2)c2ccc(Cc3ccc([SH](c4ccccc4)c4ccccc4)cc3)cc2)cc1. The molecule has 0 aromatic heterocycles. The molecule has 0 N–H and O–H groups in total. The second-order valence-electron chi connectivity index (χ2n) is 10.5. The Bertz CT molecular complexity index is 1590. The molecule has 0 spiro atoms. The van der Waals surface area contributed by atoms with Crippen LogP contribution in [-0.2, 0) is 6.42 Å². The van der Waals surface area contributed by atoms with E-state index in [4.69, 9.17) is 0 Å². The molecule has 0 aliphatic rings. The summed E-state index contributed by atoms with van der Waals surface area (Å²) in [5, 5.41) is 0. The maximum Gasteiger partial charge on any atom is -0.00257 e. The van der Waals surface area contributed by atoms with Crippen LogP contribution in [0.2, 0.25) is 0 Å². The van der Waals surface area contributed by atoms with Gasteiger partial charge >= 0.3 is 0 Å². The zero-order chi connectivity index (χ0) is 28.0. The average molecular weight is 569 g/mol. The van der Waals surface area contributed by atoms with Gasteiger partial charge in [0, 0.05) is 0 Å². The van der Waals surface area contributed by atoms with Gasteiger partial charge in [0.15, 0.2) is 0 Å². The van der Waals surface area contributed by atoms with Gasteiger partial charge in [0.1, 0.15) is 0 Å². The minimum absolute atomic E-state index is 0.576. The number of benzene rings is 6. The van der Waals surface area contributed by atoms with Gasteiger partial charge in [-0.05, 0) is 134 Å². The summed E-state index contributed by atoms with van der Waals surface area (Å²) in [5.74, 6) is 0. The van der Waals surface area contributed by atoms with Crippen LogP contribution in [0, 0.1) is 13.8 Å². The second kappa shape index (κ2) is 12.7. The highest BCUT2D eigenvalue weighted by molar-refractivity contribution is 8.17. The largest absolute Gasteiger partial charge is 0.173 e. The van der Waals surface area contributed by atoms with Crippen molar-refractivity contribution in [2.75, 3.05) is 0 Å². The normalized spacial score (nSPS) is 11.7. The van der Waals surface area contributed by atoms with Crippen molar-refractivity contribution >= 4 is 21.8 Å². The van der Waals surface area contributed by atoms with Gasteiger partial charge in [-0.15, -0.1) is 0 Å². The summed E-state index contributed by atoms with van der Waals surface area (Å²) in [5.41, 5.74) is 5.29. The lowest BCUT2D eigenvalue weighted by Gasteiger charge is -2.24. The molecule has 0 nitrogen and oxygen atoms in total. The predicted octanol–water partition coefficient (Wildman–Crippen LogP) is 10.9. The summed E-state index contributed by atoms with van der Waals surface area (Å²) in [7, 11) is -1.17. The monoisotopic (exact) mass is 568 g/mol. The van der Waals surface area contributed by atoms with E-state index in [0.717, 1.165) is 6.42 Å². The Morgan fingerprint density at radius 3 is 0.902 bits per heavy atom. The topological polar surface area (TPSA) is 0 Å².